The number of hydrogen-bond acceptors (Lipinski definition) is 4. The molecule has 24 heavy (non-hydrogen) atoms. The molecule has 0 aliphatic carbocycles. The van der Waals surface area contributed by atoms with Crippen LogP contribution in [0.25, 0.3) is 10.9 Å². The third-order valence-corrected chi connectivity index (χ3v) is 3.86. The van der Waals surface area contributed by atoms with Crippen LogP contribution in [0.3, 0.4) is 0 Å². The van der Waals surface area contributed by atoms with Gasteiger partial charge in [0.1, 0.15) is 23.0 Å². The number of aliphatic imine (C=N–C) groups is 1. The molecule has 0 spiro atoms. The predicted octanol–water partition coefficient (Wildman–Crippen LogP) is 4.43. The van der Waals surface area contributed by atoms with E-state index >= 15 is 0 Å². The van der Waals surface area contributed by atoms with Gasteiger partial charge in [-0.15, -0.1) is 0 Å². The van der Waals surface area contributed by atoms with Crippen molar-refractivity contribution in [3.63, 3.8) is 0 Å². The fraction of sp³-hybridized carbons (Fsp3) is 0.118. The van der Waals surface area contributed by atoms with Crippen LogP contribution < -0.4 is 9.47 Å². The van der Waals surface area contributed by atoms with Gasteiger partial charge in [-0.25, -0.2) is 4.39 Å². The monoisotopic (exact) mass is 348 g/mol. The molecule has 0 bridgehead atoms. The second-order valence-electron chi connectivity index (χ2n) is 4.99. The molecule has 124 valence electrons. The van der Waals surface area contributed by atoms with E-state index in [4.69, 9.17) is 21.1 Å². The van der Waals surface area contributed by atoms with Crippen molar-refractivity contribution in [3.8, 4) is 17.4 Å². The second kappa shape index (κ2) is 6.41. The van der Waals surface area contributed by atoms with Gasteiger partial charge in [-0.2, -0.15) is 0 Å². The molecule has 1 aromatic heterocycles. The lowest BCUT2D eigenvalue weighted by molar-refractivity contribution is 0.404. The zero-order chi connectivity index (χ0) is 17.3. The van der Waals surface area contributed by atoms with Crippen LogP contribution >= 0.6 is 11.6 Å². The standard InChI is InChI=1S/C17H14ClFN2O3/c1-23-15-7-14(16(24-2)6-12(15)18)20-8-11-10-5-9(19)3-4-13(10)21-17(11)22/h3-8,21-22H,1-2H3. The van der Waals surface area contributed by atoms with E-state index in [2.05, 4.69) is 9.98 Å². The van der Waals surface area contributed by atoms with Crippen molar-refractivity contribution in [3.05, 3.63) is 46.7 Å². The van der Waals surface area contributed by atoms with Crippen LogP contribution in [0, 0.1) is 5.82 Å². The van der Waals surface area contributed by atoms with E-state index < -0.39 is 5.82 Å². The summed E-state index contributed by atoms with van der Waals surface area (Å²) in [6.45, 7) is 0. The number of nitrogens with zero attached hydrogens (tertiary/aromatic N) is 1. The van der Waals surface area contributed by atoms with E-state index in [9.17, 15) is 9.50 Å². The Hall–Kier alpha value is -2.73. The molecule has 0 unspecified atom stereocenters. The van der Waals surface area contributed by atoms with Gasteiger partial charge in [0.15, 0.2) is 5.88 Å². The van der Waals surface area contributed by atoms with Crippen LogP contribution in [-0.4, -0.2) is 30.5 Å². The van der Waals surface area contributed by atoms with E-state index in [1.807, 2.05) is 0 Å². The lowest BCUT2D eigenvalue weighted by Gasteiger charge is -2.08. The van der Waals surface area contributed by atoms with Crippen molar-refractivity contribution in [2.24, 2.45) is 4.99 Å². The minimum Gasteiger partial charge on any atom is -0.495 e. The zero-order valence-corrected chi connectivity index (χ0v) is 13.7. The summed E-state index contributed by atoms with van der Waals surface area (Å²) in [7, 11) is 2.99. The lowest BCUT2D eigenvalue weighted by atomic mass is 10.2. The topological polar surface area (TPSA) is 66.8 Å². The van der Waals surface area contributed by atoms with Gasteiger partial charge in [0.2, 0.25) is 0 Å². The largest absolute Gasteiger partial charge is 0.495 e. The number of fused-ring (bicyclic) bond motifs is 1. The Balaban J connectivity index is 2.08. The van der Waals surface area contributed by atoms with E-state index in [0.29, 0.717) is 38.7 Å². The molecule has 0 saturated heterocycles. The number of rotatable bonds is 4. The number of aromatic amines is 1. The number of ether oxygens (including phenoxy) is 2. The normalized spacial score (nSPS) is 11.3. The molecular weight excluding hydrogens is 335 g/mol. The molecule has 3 rings (SSSR count). The molecule has 2 aromatic carbocycles. The van der Waals surface area contributed by atoms with Crippen molar-refractivity contribution in [1.29, 1.82) is 0 Å². The lowest BCUT2D eigenvalue weighted by Crippen LogP contribution is -1.89. The Morgan fingerprint density at radius 1 is 1.17 bits per heavy atom. The van der Waals surface area contributed by atoms with Crippen LogP contribution in [0.15, 0.2) is 35.3 Å². The molecule has 0 radical (unpaired) electrons. The van der Waals surface area contributed by atoms with Gasteiger partial charge in [-0.1, -0.05) is 11.6 Å². The first-order valence-corrected chi connectivity index (χ1v) is 7.37. The Labute approximate surface area is 142 Å². The fourth-order valence-electron chi connectivity index (χ4n) is 2.38. The molecule has 0 amide bonds. The van der Waals surface area contributed by atoms with E-state index in [1.54, 1.807) is 18.2 Å². The summed E-state index contributed by atoms with van der Waals surface area (Å²) in [6, 6.07) is 7.39. The molecule has 0 fully saturated rings. The highest BCUT2D eigenvalue weighted by Gasteiger charge is 2.12. The number of aromatic hydroxyl groups is 1. The number of halogens is 2. The Kier molecular flexibility index (Phi) is 4.31. The van der Waals surface area contributed by atoms with Gasteiger partial charge in [-0.3, -0.25) is 4.99 Å². The van der Waals surface area contributed by atoms with Crippen LogP contribution in [0.5, 0.6) is 17.4 Å². The molecule has 0 aliphatic heterocycles. The summed E-state index contributed by atoms with van der Waals surface area (Å²) >= 11 is 6.06. The fourth-order valence-corrected chi connectivity index (χ4v) is 2.61. The van der Waals surface area contributed by atoms with Crippen LogP contribution in [0.1, 0.15) is 5.56 Å². The summed E-state index contributed by atoms with van der Waals surface area (Å²) < 4.78 is 23.9. The number of nitrogens with one attached hydrogen (secondary N) is 1. The van der Waals surface area contributed by atoms with Crippen molar-refractivity contribution in [2.45, 2.75) is 0 Å². The summed E-state index contributed by atoms with van der Waals surface area (Å²) in [5.74, 6) is 0.391. The average Bonchev–Trinajstić information content (AvgIpc) is 2.88. The first kappa shape index (κ1) is 16.1. The predicted molar refractivity (Wildman–Crippen MR) is 91.7 cm³/mol. The minimum absolute atomic E-state index is 0.0979. The van der Waals surface area contributed by atoms with Crippen molar-refractivity contribution < 1.29 is 19.0 Å². The van der Waals surface area contributed by atoms with Crippen LogP contribution in [0.2, 0.25) is 5.02 Å². The third-order valence-electron chi connectivity index (χ3n) is 3.57. The van der Waals surface area contributed by atoms with Crippen LogP contribution in [-0.2, 0) is 0 Å². The Morgan fingerprint density at radius 3 is 2.62 bits per heavy atom. The molecule has 0 atom stereocenters. The quantitative estimate of drug-likeness (QED) is 0.685. The van der Waals surface area contributed by atoms with Crippen LogP contribution in [0.4, 0.5) is 10.1 Å². The smallest absolute Gasteiger partial charge is 0.198 e. The Bertz CT molecular complexity index is 937. The maximum atomic E-state index is 13.5. The number of H-pyrrole nitrogens is 1. The van der Waals surface area contributed by atoms with Gasteiger partial charge < -0.3 is 19.6 Å². The summed E-state index contributed by atoms with van der Waals surface area (Å²) in [6.07, 6.45) is 1.43. The molecule has 3 aromatic rings. The first-order valence-electron chi connectivity index (χ1n) is 6.99. The number of methoxy groups -OCH3 is 2. The first-order chi connectivity index (χ1) is 11.5. The summed E-state index contributed by atoms with van der Waals surface area (Å²) in [5, 5.41) is 10.9. The Morgan fingerprint density at radius 2 is 1.92 bits per heavy atom. The third kappa shape index (κ3) is 2.88. The molecule has 0 saturated carbocycles. The van der Waals surface area contributed by atoms with Crippen molar-refractivity contribution in [1.82, 2.24) is 4.98 Å². The number of hydrogen-bond donors (Lipinski definition) is 2. The van der Waals surface area contributed by atoms with E-state index in [-0.39, 0.29) is 5.88 Å². The molecular formula is C17H14ClFN2O3. The minimum atomic E-state index is -0.401. The van der Waals surface area contributed by atoms with Gasteiger partial charge in [0, 0.05) is 29.3 Å². The van der Waals surface area contributed by atoms with Gasteiger partial charge in [0.25, 0.3) is 0 Å². The highest BCUT2D eigenvalue weighted by molar-refractivity contribution is 6.32. The van der Waals surface area contributed by atoms with Gasteiger partial charge in [-0.05, 0) is 18.2 Å². The number of aromatic nitrogens is 1. The SMILES string of the molecule is COc1cc(N=Cc2c(O)[nH]c3ccc(F)cc23)c(OC)cc1Cl. The molecule has 7 heteroatoms. The maximum Gasteiger partial charge on any atom is 0.198 e. The van der Waals surface area contributed by atoms with E-state index in [0.717, 1.165) is 0 Å². The zero-order valence-electron chi connectivity index (χ0n) is 12.9. The summed E-state index contributed by atoms with van der Waals surface area (Å²) in [4.78, 5) is 7.09. The molecule has 1 heterocycles. The molecule has 2 N–H and O–H groups in total. The average molecular weight is 349 g/mol. The maximum absolute atomic E-state index is 13.5. The van der Waals surface area contributed by atoms with Crippen molar-refractivity contribution in [2.75, 3.05) is 14.2 Å². The second-order valence-corrected chi connectivity index (χ2v) is 5.40. The van der Waals surface area contributed by atoms with Gasteiger partial charge in [0.05, 0.1) is 24.8 Å². The van der Waals surface area contributed by atoms with Crippen molar-refractivity contribution >= 4 is 34.4 Å². The van der Waals surface area contributed by atoms with Gasteiger partial charge >= 0.3 is 0 Å². The molecule has 5 nitrogen and oxygen atoms in total. The van der Waals surface area contributed by atoms with E-state index in [1.165, 1.54) is 32.6 Å². The highest BCUT2D eigenvalue weighted by Crippen LogP contribution is 2.38. The number of benzene rings is 2. The highest BCUT2D eigenvalue weighted by atomic mass is 35.5. The summed E-state index contributed by atoms with van der Waals surface area (Å²) in [5.41, 5.74) is 1.44. The molecule has 0 aliphatic rings.